The van der Waals surface area contributed by atoms with E-state index in [2.05, 4.69) is 10.1 Å². The highest BCUT2D eigenvalue weighted by molar-refractivity contribution is 5.53. The number of alkyl halides is 3. The number of nitrogens with zero attached hydrogens (tertiary/aromatic N) is 3. The highest BCUT2D eigenvalue weighted by atomic mass is 19.4. The van der Waals surface area contributed by atoms with Crippen molar-refractivity contribution in [2.24, 2.45) is 0 Å². The van der Waals surface area contributed by atoms with E-state index >= 15 is 0 Å². The predicted octanol–water partition coefficient (Wildman–Crippen LogP) is 2.48. The van der Waals surface area contributed by atoms with Crippen LogP contribution in [0.2, 0.25) is 0 Å². The topological polar surface area (TPSA) is 62.4 Å². The van der Waals surface area contributed by atoms with Gasteiger partial charge in [0.2, 0.25) is 11.7 Å². The van der Waals surface area contributed by atoms with Gasteiger partial charge in [0, 0.05) is 18.7 Å². The van der Waals surface area contributed by atoms with E-state index in [1.165, 1.54) is 0 Å². The van der Waals surface area contributed by atoms with Crippen molar-refractivity contribution >= 4 is 0 Å². The maximum Gasteiger partial charge on any atom is 0.401 e. The summed E-state index contributed by atoms with van der Waals surface area (Å²) in [6.45, 7) is -1.28. The fourth-order valence-corrected chi connectivity index (χ4v) is 1.98. The zero-order chi connectivity index (χ0) is 16.0. The van der Waals surface area contributed by atoms with Crippen LogP contribution in [0.3, 0.4) is 0 Å². The lowest BCUT2D eigenvalue weighted by atomic mass is 10.2. The van der Waals surface area contributed by atoms with E-state index in [1.807, 2.05) is 18.2 Å². The monoisotopic (exact) mass is 315 g/mol. The molecule has 0 saturated carbocycles. The number of rotatable bonds is 7. The Labute approximate surface area is 125 Å². The highest BCUT2D eigenvalue weighted by Crippen LogP contribution is 2.19. The van der Waals surface area contributed by atoms with Crippen molar-refractivity contribution < 1.29 is 22.8 Å². The maximum atomic E-state index is 12.5. The molecular weight excluding hydrogens is 299 g/mol. The van der Waals surface area contributed by atoms with Gasteiger partial charge in [-0.1, -0.05) is 35.5 Å². The van der Waals surface area contributed by atoms with Crippen molar-refractivity contribution in [1.82, 2.24) is 15.0 Å². The molecule has 22 heavy (non-hydrogen) atoms. The molecule has 120 valence electrons. The number of aliphatic hydroxyl groups excluding tert-OH is 1. The second kappa shape index (κ2) is 7.37. The van der Waals surface area contributed by atoms with Crippen molar-refractivity contribution in [3.05, 3.63) is 36.2 Å². The van der Waals surface area contributed by atoms with Crippen molar-refractivity contribution in [2.75, 3.05) is 19.7 Å². The summed E-state index contributed by atoms with van der Waals surface area (Å²) in [7, 11) is 0. The van der Waals surface area contributed by atoms with Crippen LogP contribution < -0.4 is 0 Å². The van der Waals surface area contributed by atoms with Gasteiger partial charge in [0.1, 0.15) is 0 Å². The summed E-state index contributed by atoms with van der Waals surface area (Å²) in [6.07, 6.45) is -4.08. The number of halogens is 3. The van der Waals surface area contributed by atoms with Crippen LogP contribution in [0.4, 0.5) is 13.2 Å². The van der Waals surface area contributed by atoms with Gasteiger partial charge in [-0.3, -0.25) is 4.90 Å². The lowest BCUT2D eigenvalue weighted by molar-refractivity contribution is -0.148. The molecule has 0 aliphatic rings. The van der Waals surface area contributed by atoms with Crippen molar-refractivity contribution in [3.63, 3.8) is 0 Å². The molecule has 5 nitrogen and oxygen atoms in total. The Morgan fingerprint density at radius 2 is 1.91 bits per heavy atom. The first-order valence-electron chi connectivity index (χ1n) is 6.76. The Kier molecular flexibility index (Phi) is 5.51. The van der Waals surface area contributed by atoms with E-state index in [9.17, 15) is 13.2 Å². The molecule has 0 radical (unpaired) electrons. The van der Waals surface area contributed by atoms with Crippen LogP contribution in [0.5, 0.6) is 0 Å². The Morgan fingerprint density at radius 3 is 2.55 bits per heavy atom. The van der Waals surface area contributed by atoms with E-state index in [4.69, 9.17) is 9.63 Å². The van der Waals surface area contributed by atoms with E-state index < -0.39 is 12.7 Å². The summed E-state index contributed by atoms with van der Waals surface area (Å²) in [5.41, 5.74) is 0.732. The van der Waals surface area contributed by atoms with Gasteiger partial charge in [0.25, 0.3) is 0 Å². The second-order valence-electron chi connectivity index (χ2n) is 4.78. The molecule has 1 N–H and O–H groups in total. The SMILES string of the molecule is OCCCN(Cc1nc(-c2ccccc2)no1)CC(F)(F)F. The van der Waals surface area contributed by atoms with Gasteiger partial charge in [-0.25, -0.2) is 0 Å². The van der Waals surface area contributed by atoms with Crippen molar-refractivity contribution in [1.29, 1.82) is 0 Å². The number of hydrogen-bond donors (Lipinski definition) is 1. The van der Waals surface area contributed by atoms with E-state index in [-0.39, 0.29) is 32.0 Å². The summed E-state index contributed by atoms with van der Waals surface area (Å²) in [4.78, 5) is 5.23. The van der Waals surface area contributed by atoms with Crippen LogP contribution in [-0.4, -0.2) is 46.0 Å². The van der Waals surface area contributed by atoms with Crippen molar-refractivity contribution in [3.8, 4) is 11.4 Å². The van der Waals surface area contributed by atoms with Gasteiger partial charge < -0.3 is 9.63 Å². The molecule has 8 heteroatoms. The predicted molar refractivity (Wildman–Crippen MR) is 72.8 cm³/mol. The molecule has 1 aromatic heterocycles. The third-order valence-electron chi connectivity index (χ3n) is 2.89. The van der Waals surface area contributed by atoms with Gasteiger partial charge in [0.05, 0.1) is 13.1 Å². The minimum Gasteiger partial charge on any atom is -0.396 e. The third-order valence-corrected chi connectivity index (χ3v) is 2.89. The van der Waals surface area contributed by atoms with E-state index in [0.29, 0.717) is 5.82 Å². The fraction of sp³-hybridized carbons (Fsp3) is 0.429. The normalized spacial score (nSPS) is 12.0. The van der Waals surface area contributed by atoms with E-state index in [0.717, 1.165) is 10.5 Å². The molecule has 0 spiro atoms. The molecule has 2 aromatic rings. The molecule has 0 bridgehead atoms. The molecule has 0 atom stereocenters. The Morgan fingerprint density at radius 1 is 1.18 bits per heavy atom. The molecule has 0 amide bonds. The summed E-state index contributed by atoms with van der Waals surface area (Å²) < 4.78 is 42.6. The van der Waals surface area contributed by atoms with Crippen LogP contribution in [0.25, 0.3) is 11.4 Å². The first-order chi connectivity index (χ1) is 10.5. The maximum absolute atomic E-state index is 12.5. The molecule has 0 aliphatic heterocycles. The largest absolute Gasteiger partial charge is 0.401 e. The van der Waals surface area contributed by atoms with Crippen LogP contribution >= 0.6 is 0 Å². The number of aliphatic hydroxyl groups is 1. The first-order valence-corrected chi connectivity index (χ1v) is 6.76. The molecule has 0 saturated heterocycles. The minimum absolute atomic E-state index is 0.0963. The third kappa shape index (κ3) is 5.12. The zero-order valence-corrected chi connectivity index (χ0v) is 11.8. The lowest BCUT2D eigenvalue weighted by Gasteiger charge is -2.21. The standard InChI is InChI=1S/C14H16F3N3O2/c15-14(16,17)10-20(7-4-8-21)9-12-18-13(19-22-12)11-5-2-1-3-6-11/h1-3,5-6,21H,4,7-10H2. The number of aromatic nitrogens is 2. The van der Waals surface area contributed by atoms with Crippen LogP contribution in [-0.2, 0) is 6.54 Å². The van der Waals surface area contributed by atoms with Crippen LogP contribution in [0, 0.1) is 0 Å². The highest BCUT2D eigenvalue weighted by Gasteiger charge is 2.31. The molecule has 0 fully saturated rings. The quantitative estimate of drug-likeness (QED) is 0.850. The minimum atomic E-state index is -4.32. The average molecular weight is 315 g/mol. The molecular formula is C14H16F3N3O2. The van der Waals surface area contributed by atoms with E-state index in [1.54, 1.807) is 12.1 Å². The average Bonchev–Trinajstić information content (AvgIpc) is 2.93. The summed E-state index contributed by atoms with van der Waals surface area (Å²) in [6, 6.07) is 9.03. The Bertz CT molecular complexity index is 572. The Hall–Kier alpha value is -1.93. The van der Waals surface area contributed by atoms with Crippen LogP contribution in [0.15, 0.2) is 34.9 Å². The van der Waals surface area contributed by atoms with Gasteiger partial charge in [0.15, 0.2) is 0 Å². The second-order valence-corrected chi connectivity index (χ2v) is 4.78. The number of hydrogen-bond acceptors (Lipinski definition) is 5. The smallest absolute Gasteiger partial charge is 0.396 e. The first kappa shape index (κ1) is 16.4. The zero-order valence-electron chi connectivity index (χ0n) is 11.8. The molecule has 0 aliphatic carbocycles. The van der Waals surface area contributed by atoms with Crippen molar-refractivity contribution in [2.45, 2.75) is 19.1 Å². The molecule has 1 aromatic carbocycles. The van der Waals surface area contributed by atoms with Gasteiger partial charge in [-0.15, -0.1) is 0 Å². The summed E-state index contributed by atoms with van der Waals surface area (Å²) in [5.74, 6) is 0.450. The molecule has 0 unspecified atom stereocenters. The summed E-state index contributed by atoms with van der Waals surface area (Å²) >= 11 is 0. The van der Waals surface area contributed by atoms with Gasteiger partial charge >= 0.3 is 6.18 Å². The van der Waals surface area contributed by atoms with Gasteiger partial charge in [-0.2, -0.15) is 18.2 Å². The van der Waals surface area contributed by atoms with Crippen LogP contribution in [0.1, 0.15) is 12.3 Å². The fourth-order valence-electron chi connectivity index (χ4n) is 1.98. The summed E-state index contributed by atoms with van der Waals surface area (Å²) in [5, 5.41) is 12.5. The number of benzene rings is 1. The lowest BCUT2D eigenvalue weighted by Crippen LogP contribution is -2.35. The molecule has 2 rings (SSSR count). The Balaban J connectivity index is 2.05. The molecule has 1 heterocycles. The van der Waals surface area contributed by atoms with Gasteiger partial charge in [-0.05, 0) is 6.42 Å².